The first-order valence-corrected chi connectivity index (χ1v) is 3.17. The van der Waals surface area contributed by atoms with Gasteiger partial charge >= 0.3 is 0 Å². The number of hydrogen-bond donors (Lipinski definition) is 1. The van der Waals surface area contributed by atoms with Crippen molar-refractivity contribution in [3.63, 3.8) is 0 Å². The van der Waals surface area contributed by atoms with Crippen molar-refractivity contribution in [1.29, 1.82) is 0 Å². The van der Waals surface area contributed by atoms with Crippen LogP contribution < -0.4 is 5.73 Å². The maximum absolute atomic E-state index is 5.30. The molecule has 0 bridgehead atoms. The molecule has 1 rings (SSSR count). The van der Waals surface area contributed by atoms with Crippen LogP contribution in [0.1, 0.15) is 0 Å². The monoisotopic (exact) mass is 158 g/mol. The van der Waals surface area contributed by atoms with Crippen LogP contribution in [-0.2, 0) is 6.54 Å². The molecule has 0 atom stereocenters. The van der Waals surface area contributed by atoms with E-state index in [0.717, 1.165) is 0 Å². The molecule has 0 unspecified atom stereocenters. The normalized spacial score (nSPS) is 10.9. The molecule has 0 amide bonds. The molecule has 0 aliphatic heterocycles. The average Bonchev–Trinajstić information content (AvgIpc) is 2.31. The van der Waals surface area contributed by atoms with Crippen LogP contribution in [0.5, 0.6) is 0 Å². The van der Waals surface area contributed by atoms with E-state index in [1.54, 1.807) is 17.0 Å². The summed E-state index contributed by atoms with van der Waals surface area (Å²) in [5.41, 5.74) is 6.73. The van der Waals surface area contributed by atoms with Gasteiger partial charge in [0, 0.05) is 5.54 Å². The van der Waals surface area contributed by atoms with Gasteiger partial charge in [0.05, 0.1) is 12.7 Å². The van der Waals surface area contributed by atoms with Crippen LogP contribution in [-0.4, -0.2) is 15.0 Å². The van der Waals surface area contributed by atoms with Crippen molar-refractivity contribution in [2.45, 2.75) is 6.54 Å². The van der Waals surface area contributed by atoms with Crippen molar-refractivity contribution in [3.8, 4) is 0 Å². The lowest BCUT2D eigenvalue weighted by Gasteiger charge is -1.88. The Labute approximate surface area is 63.3 Å². The second-order valence-electron chi connectivity index (χ2n) is 1.73. The number of nitrogen functional groups attached to an aromatic ring is 1. The minimum Gasteiger partial charge on any atom is -0.381 e. The number of halogens is 1. The highest BCUT2D eigenvalue weighted by Gasteiger charge is 1.90. The molecule has 2 N–H and O–H groups in total. The molecular weight excluding hydrogens is 152 g/mol. The second-order valence-corrected chi connectivity index (χ2v) is 1.98. The summed E-state index contributed by atoms with van der Waals surface area (Å²) >= 11 is 5.28. The minimum atomic E-state index is 0.419. The van der Waals surface area contributed by atoms with Crippen LogP contribution in [0.15, 0.2) is 17.8 Å². The zero-order valence-corrected chi connectivity index (χ0v) is 5.99. The van der Waals surface area contributed by atoms with E-state index in [1.807, 2.05) is 0 Å². The van der Waals surface area contributed by atoms with Gasteiger partial charge in [-0.2, -0.15) is 0 Å². The highest BCUT2D eigenvalue weighted by Crippen LogP contribution is 1.92. The largest absolute Gasteiger partial charge is 0.381 e. The van der Waals surface area contributed by atoms with Crippen LogP contribution in [0, 0.1) is 0 Å². The number of hydrogen-bond acceptors (Lipinski definition) is 3. The Morgan fingerprint density at radius 3 is 3.10 bits per heavy atom. The quantitative estimate of drug-likeness (QED) is 0.686. The topological polar surface area (TPSA) is 56.7 Å². The zero-order chi connectivity index (χ0) is 7.40. The third kappa shape index (κ3) is 1.73. The Hall–Kier alpha value is -1.03. The highest BCUT2D eigenvalue weighted by molar-refractivity contribution is 6.25. The predicted molar refractivity (Wildman–Crippen MR) is 39.4 cm³/mol. The molecule has 0 saturated heterocycles. The maximum atomic E-state index is 5.30. The molecule has 10 heavy (non-hydrogen) atoms. The molecule has 0 saturated carbocycles. The number of nitrogens with zero attached hydrogens (tertiary/aromatic N) is 3. The van der Waals surface area contributed by atoms with Gasteiger partial charge in [-0.15, -0.1) is 5.10 Å². The summed E-state index contributed by atoms with van der Waals surface area (Å²) in [4.78, 5) is 0. The Bertz CT molecular complexity index is 229. The van der Waals surface area contributed by atoms with Gasteiger partial charge in [-0.3, -0.25) is 0 Å². The summed E-state index contributed by atoms with van der Waals surface area (Å²) in [7, 11) is 0. The Morgan fingerprint density at radius 1 is 1.80 bits per heavy atom. The molecule has 1 heterocycles. The van der Waals surface area contributed by atoms with E-state index >= 15 is 0 Å². The van der Waals surface area contributed by atoms with Crippen LogP contribution >= 0.6 is 11.6 Å². The van der Waals surface area contributed by atoms with E-state index in [4.69, 9.17) is 17.3 Å². The van der Waals surface area contributed by atoms with Crippen molar-refractivity contribution < 1.29 is 0 Å². The third-order valence-corrected chi connectivity index (χ3v) is 1.12. The van der Waals surface area contributed by atoms with Crippen molar-refractivity contribution in [1.82, 2.24) is 15.0 Å². The summed E-state index contributed by atoms with van der Waals surface area (Å²) < 4.78 is 1.59. The SMILES string of the molecule is Nc1cn(C/C=C/Cl)nn1. The fourth-order valence-corrected chi connectivity index (χ4v) is 0.630. The highest BCUT2D eigenvalue weighted by atomic mass is 35.5. The molecular formula is C5H7ClN4. The van der Waals surface area contributed by atoms with Gasteiger partial charge in [0.1, 0.15) is 0 Å². The Morgan fingerprint density at radius 2 is 2.60 bits per heavy atom. The summed E-state index contributed by atoms with van der Waals surface area (Å²) in [6.45, 7) is 0.605. The van der Waals surface area contributed by atoms with Gasteiger partial charge in [-0.1, -0.05) is 22.9 Å². The van der Waals surface area contributed by atoms with Crippen LogP contribution in [0.25, 0.3) is 0 Å². The van der Waals surface area contributed by atoms with Crippen LogP contribution in [0.4, 0.5) is 5.82 Å². The fraction of sp³-hybridized carbons (Fsp3) is 0.200. The Kier molecular flexibility index (Phi) is 2.28. The lowest BCUT2D eigenvalue weighted by molar-refractivity contribution is 0.662. The van der Waals surface area contributed by atoms with E-state index in [0.29, 0.717) is 12.4 Å². The first-order valence-electron chi connectivity index (χ1n) is 2.74. The molecule has 0 aromatic carbocycles. The molecule has 1 aromatic rings. The van der Waals surface area contributed by atoms with E-state index in [-0.39, 0.29) is 0 Å². The van der Waals surface area contributed by atoms with Crippen LogP contribution in [0.3, 0.4) is 0 Å². The molecule has 0 aliphatic rings. The van der Waals surface area contributed by atoms with Crippen LogP contribution in [0.2, 0.25) is 0 Å². The summed E-state index contributed by atoms with van der Waals surface area (Å²) in [5, 5.41) is 7.27. The lowest BCUT2D eigenvalue weighted by Crippen LogP contribution is -1.94. The molecule has 0 aliphatic carbocycles. The van der Waals surface area contributed by atoms with E-state index in [9.17, 15) is 0 Å². The minimum absolute atomic E-state index is 0.419. The number of aromatic nitrogens is 3. The fourth-order valence-electron chi connectivity index (χ4n) is 0.550. The van der Waals surface area contributed by atoms with Gasteiger partial charge in [-0.05, 0) is 0 Å². The van der Waals surface area contributed by atoms with E-state index in [1.165, 1.54) is 5.54 Å². The zero-order valence-electron chi connectivity index (χ0n) is 5.24. The van der Waals surface area contributed by atoms with E-state index < -0.39 is 0 Å². The summed E-state index contributed by atoms with van der Waals surface area (Å²) in [6.07, 6.45) is 3.38. The molecule has 0 fully saturated rings. The van der Waals surface area contributed by atoms with Crippen molar-refractivity contribution >= 4 is 17.4 Å². The molecule has 0 radical (unpaired) electrons. The van der Waals surface area contributed by atoms with Gasteiger partial charge < -0.3 is 5.73 Å². The van der Waals surface area contributed by atoms with Crippen molar-refractivity contribution in [3.05, 3.63) is 17.8 Å². The second kappa shape index (κ2) is 3.22. The van der Waals surface area contributed by atoms with Crippen molar-refractivity contribution in [2.24, 2.45) is 0 Å². The van der Waals surface area contributed by atoms with Gasteiger partial charge in [-0.25, -0.2) is 4.68 Å². The first kappa shape index (κ1) is 7.08. The lowest BCUT2D eigenvalue weighted by atomic mass is 10.6. The Balaban J connectivity index is 2.58. The molecule has 54 valence electrons. The van der Waals surface area contributed by atoms with E-state index in [2.05, 4.69) is 10.3 Å². The molecule has 4 nitrogen and oxygen atoms in total. The predicted octanol–water partition coefficient (Wildman–Crippen LogP) is 0.613. The average molecular weight is 159 g/mol. The smallest absolute Gasteiger partial charge is 0.165 e. The molecule has 0 spiro atoms. The van der Waals surface area contributed by atoms with Gasteiger partial charge in [0.2, 0.25) is 0 Å². The molecule has 5 heteroatoms. The third-order valence-electron chi connectivity index (χ3n) is 0.938. The maximum Gasteiger partial charge on any atom is 0.165 e. The van der Waals surface area contributed by atoms with Gasteiger partial charge in [0.15, 0.2) is 5.82 Å². The summed E-state index contributed by atoms with van der Waals surface area (Å²) in [5.74, 6) is 0.419. The standard InChI is InChI=1S/C5H7ClN4/c6-2-1-3-10-4-5(7)8-9-10/h1-2,4H,3,7H2/b2-1+. The number of nitrogens with two attached hydrogens (primary N) is 1. The van der Waals surface area contributed by atoms with Crippen molar-refractivity contribution in [2.75, 3.05) is 5.73 Å². The number of rotatable bonds is 2. The number of allylic oxidation sites excluding steroid dienone is 1. The van der Waals surface area contributed by atoms with Gasteiger partial charge in [0.25, 0.3) is 0 Å². The number of anilines is 1. The molecule has 1 aromatic heterocycles. The first-order chi connectivity index (χ1) is 4.83. The summed E-state index contributed by atoms with van der Waals surface area (Å²) in [6, 6.07) is 0.